The van der Waals surface area contributed by atoms with E-state index in [0.29, 0.717) is 34.3 Å². The smallest absolute Gasteiger partial charge is 0.270 e. The summed E-state index contributed by atoms with van der Waals surface area (Å²) >= 11 is 6.55. The van der Waals surface area contributed by atoms with E-state index >= 15 is 0 Å². The molecule has 1 amide bonds. The Balaban J connectivity index is 1.66. The predicted molar refractivity (Wildman–Crippen MR) is 118 cm³/mol. The van der Waals surface area contributed by atoms with Gasteiger partial charge in [0.2, 0.25) is 9.47 Å². The number of nitrogens with zero attached hydrogens (tertiary/aromatic N) is 2. The van der Waals surface area contributed by atoms with Crippen LogP contribution in [0.3, 0.4) is 0 Å². The molecular formula is C19H19ClN4O5S2. The lowest BCUT2D eigenvalue weighted by Crippen LogP contribution is -2.23. The van der Waals surface area contributed by atoms with Gasteiger partial charge in [0.05, 0.1) is 13.7 Å². The van der Waals surface area contributed by atoms with E-state index in [9.17, 15) is 13.2 Å². The van der Waals surface area contributed by atoms with Crippen molar-refractivity contribution in [3.63, 3.8) is 0 Å². The van der Waals surface area contributed by atoms with E-state index in [0.717, 1.165) is 11.3 Å². The molecule has 0 radical (unpaired) electrons. The summed E-state index contributed by atoms with van der Waals surface area (Å²) in [5.41, 5.74) is 1.03. The van der Waals surface area contributed by atoms with Crippen LogP contribution >= 0.6 is 22.9 Å². The van der Waals surface area contributed by atoms with E-state index in [1.165, 1.54) is 7.11 Å². The van der Waals surface area contributed by atoms with Crippen molar-refractivity contribution in [2.75, 3.05) is 19.0 Å². The number of ether oxygens (including phenoxy) is 2. The van der Waals surface area contributed by atoms with Crippen LogP contribution in [0.1, 0.15) is 22.8 Å². The fourth-order valence-corrected chi connectivity index (χ4v) is 4.56. The minimum absolute atomic E-state index is 0.0124. The number of anilines is 1. The van der Waals surface area contributed by atoms with E-state index < -0.39 is 15.9 Å². The van der Waals surface area contributed by atoms with Crippen LogP contribution in [0.2, 0.25) is 5.02 Å². The van der Waals surface area contributed by atoms with Crippen molar-refractivity contribution in [2.45, 2.75) is 17.8 Å². The van der Waals surface area contributed by atoms with E-state index in [-0.39, 0.29) is 16.0 Å². The highest BCUT2D eigenvalue weighted by molar-refractivity contribution is 7.91. The molecule has 12 heteroatoms. The molecule has 2 N–H and O–H groups in total. The Labute approximate surface area is 188 Å². The number of rotatable bonds is 9. The molecule has 0 atom stereocenters. The third-order valence-corrected chi connectivity index (χ3v) is 6.82. The topological polar surface area (TPSA) is 120 Å². The number of aromatic nitrogens is 2. The number of sulfonamides is 1. The van der Waals surface area contributed by atoms with Crippen molar-refractivity contribution in [1.82, 2.24) is 14.9 Å². The molecule has 9 nitrogen and oxygen atoms in total. The summed E-state index contributed by atoms with van der Waals surface area (Å²) in [5.74, 6) is 0.620. The van der Waals surface area contributed by atoms with Crippen LogP contribution in [-0.4, -0.2) is 38.2 Å². The summed E-state index contributed by atoms with van der Waals surface area (Å²) in [6.07, 6.45) is 0. The monoisotopic (exact) mass is 482 g/mol. The molecule has 0 aliphatic rings. The number of hydrogen-bond acceptors (Lipinski definition) is 8. The quantitative estimate of drug-likeness (QED) is 0.449. The van der Waals surface area contributed by atoms with E-state index in [2.05, 4.69) is 20.2 Å². The van der Waals surface area contributed by atoms with Crippen molar-refractivity contribution in [1.29, 1.82) is 0 Å². The van der Waals surface area contributed by atoms with E-state index in [1.807, 2.05) is 6.92 Å². The number of hydrogen-bond donors (Lipinski definition) is 2. The Kier molecular flexibility index (Phi) is 7.44. The van der Waals surface area contributed by atoms with Gasteiger partial charge >= 0.3 is 0 Å². The van der Waals surface area contributed by atoms with Gasteiger partial charge in [-0.1, -0.05) is 29.0 Å². The number of halogens is 1. The number of amides is 1. The minimum Gasteiger partial charge on any atom is -0.493 e. The average Bonchev–Trinajstić information content (AvgIpc) is 3.23. The molecule has 0 saturated carbocycles. The molecule has 3 rings (SSSR count). The standard InChI is InChI=1S/C19H19ClN4O5S2/c1-3-29-16-10-12(4-9-15(16)28-2)11-21-31(26,27)19-24-23-18(30-19)22-17(25)13-5-7-14(20)8-6-13/h4-10,21H,3,11H2,1-2H3,(H,22,23,25). The number of methoxy groups -OCH3 is 1. The summed E-state index contributed by atoms with van der Waals surface area (Å²) in [7, 11) is -2.40. The highest BCUT2D eigenvalue weighted by atomic mass is 35.5. The first-order valence-corrected chi connectivity index (χ1v) is 11.7. The van der Waals surface area contributed by atoms with Crippen molar-refractivity contribution >= 4 is 44.0 Å². The van der Waals surface area contributed by atoms with E-state index in [1.54, 1.807) is 42.5 Å². The minimum atomic E-state index is -3.93. The summed E-state index contributed by atoms with van der Waals surface area (Å²) in [6.45, 7) is 2.30. The maximum atomic E-state index is 12.6. The molecule has 0 saturated heterocycles. The third kappa shape index (κ3) is 5.91. The maximum absolute atomic E-state index is 12.6. The predicted octanol–water partition coefficient (Wildman–Crippen LogP) is 3.33. The van der Waals surface area contributed by atoms with Gasteiger partial charge in [-0.2, -0.15) is 0 Å². The largest absolute Gasteiger partial charge is 0.493 e. The second kappa shape index (κ2) is 10.1. The molecule has 3 aromatic rings. The fraction of sp³-hybridized carbons (Fsp3) is 0.211. The lowest BCUT2D eigenvalue weighted by atomic mass is 10.2. The molecule has 0 bridgehead atoms. The molecular weight excluding hydrogens is 464 g/mol. The molecule has 0 aliphatic heterocycles. The van der Waals surface area contributed by atoms with Crippen LogP contribution in [0.15, 0.2) is 46.8 Å². The van der Waals surface area contributed by atoms with Gasteiger partial charge < -0.3 is 9.47 Å². The third-order valence-electron chi connectivity index (χ3n) is 3.96. The van der Waals surface area contributed by atoms with Crippen molar-refractivity contribution in [3.05, 3.63) is 58.6 Å². The number of nitrogens with one attached hydrogen (secondary N) is 2. The van der Waals surface area contributed by atoms with Crippen molar-refractivity contribution in [3.8, 4) is 11.5 Å². The first kappa shape index (κ1) is 22.9. The van der Waals surface area contributed by atoms with Gasteiger partial charge in [-0.25, -0.2) is 13.1 Å². The Bertz CT molecular complexity index is 1170. The highest BCUT2D eigenvalue weighted by Gasteiger charge is 2.21. The van der Waals surface area contributed by atoms with Crippen molar-refractivity contribution < 1.29 is 22.7 Å². The Morgan fingerprint density at radius 2 is 1.87 bits per heavy atom. The first-order chi connectivity index (χ1) is 14.8. The zero-order valence-electron chi connectivity index (χ0n) is 16.6. The number of benzene rings is 2. The number of carbonyl (C=O) groups is 1. The van der Waals surface area contributed by atoms with Crippen LogP contribution in [0.25, 0.3) is 0 Å². The Hall–Kier alpha value is -2.73. The normalized spacial score (nSPS) is 11.2. The molecule has 2 aromatic carbocycles. The molecule has 0 aliphatic carbocycles. The molecule has 164 valence electrons. The highest BCUT2D eigenvalue weighted by Crippen LogP contribution is 2.28. The number of carbonyl (C=O) groups excluding carboxylic acids is 1. The van der Waals surface area contributed by atoms with E-state index in [4.69, 9.17) is 21.1 Å². The molecule has 0 unspecified atom stereocenters. The van der Waals surface area contributed by atoms with Gasteiger partial charge in [0.25, 0.3) is 15.9 Å². The molecule has 1 heterocycles. The van der Waals surface area contributed by atoms with Crippen LogP contribution in [0, 0.1) is 0 Å². The van der Waals surface area contributed by atoms with Crippen LogP contribution < -0.4 is 19.5 Å². The summed E-state index contributed by atoms with van der Waals surface area (Å²) in [6, 6.07) is 11.4. The summed E-state index contributed by atoms with van der Waals surface area (Å²) in [4.78, 5) is 12.2. The summed E-state index contributed by atoms with van der Waals surface area (Å²) < 4.78 is 38.0. The van der Waals surface area contributed by atoms with Gasteiger partial charge in [-0.05, 0) is 48.9 Å². The van der Waals surface area contributed by atoms with Gasteiger partial charge in [0, 0.05) is 17.1 Å². The van der Waals surface area contributed by atoms with Gasteiger partial charge in [0.15, 0.2) is 11.5 Å². The maximum Gasteiger partial charge on any atom is 0.270 e. The van der Waals surface area contributed by atoms with Crippen LogP contribution in [-0.2, 0) is 16.6 Å². The molecule has 1 aromatic heterocycles. The zero-order valence-corrected chi connectivity index (χ0v) is 19.0. The lowest BCUT2D eigenvalue weighted by molar-refractivity contribution is 0.102. The molecule has 31 heavy (non-hydrogen) atoms. The van der Waals surface area contributed by atoms with Crippen molar-refractivity contribution in [2.24, 2.45) is 0 Å². The van der Waals surface area contributed by atoms with Crippen LogP contribution in [0.5, 0.6) is 11.5 Å². The Morgan fingerprint density at radius 1 is 1.13 bits per heavy atom. The second-order valence-electron chi connectivity index (χ2n) is 6.08. The SMILES string of the molecule is CCOc1cc(CNS(=O)(=O)c2nnc(NC(=O)c3ccc(Cl)cc3)s2)ccc1OC. The van der Waals surface area contributed by atoms with Crippen LogP contribution in [0.4, 0.5) is 5.13 Å². The molecule has 0 spiro atoms. The fourth-order valence-electron chi connectivity index (χ4n) is 2.48. The average molecular weight is 483 g/mol. The zero-order chi connectivity index (χ0) is 22.4. The summed E-state index contributed by atoms with van der Waals surface area (Å²) in [5, 5.41) is 10.5. The van der Waals surface area contributed by atoms with Gasteiger partial charge in [0.1, 0.15) is 0 Å². The second-order valence-corrected chi connectivity index (χ2v) is 9.43. The molecule has 0 fully saturated rings. The van der Waals surface area contributed by atoms with Gasteiger partial charge in [-0.3, -0.25) is 10.1 Å². The Morgan fingerprint density at radius 3 is 2.55 bits per heavy atom. The lowest BCUT2D eigenvalue weighted by Gasteiger charge is -2.11. The van der Waals surface area contributed by atoms with Gasteiger partial charge in [-0.15, -0.1) is 10.2 Å². The first-order valence-electron chi connectivity index (χ1n) is 9.02.